The molecule has 110 valence electrons. The Labute approximate surface area is 121 Å². The maximum atomic E-state index is 12.7. The van der Waals surface area contributed by atoms with Gasteiger partial charge in [-0.3, -0.25) is 4.79 Å². The summed E-state index contributed by atoms with van der Waals surface area (Å²) >= 11 is 0. The number of rotatable bonds is 2. The summed E-state index contributed by atoms with van der Waals surface area (Å²) in [5.74, 6) is 0.705. The van der Waals surface area contributed by atoms with Gasteiger partial charge >= 0.3 is 5.69 Å². The van der Waals surface area contributed by atoms with Crippen molar-refractivity contribution in [1.82, 2.24) is 19.5 Å². The second kappa shape index (κ2) is 4.72. The molecule has 6 heteroatoms. The van der Waals surface area contributed by atoms with Gasteiger partial charge in [-0.25, -0.2) is 14.3 Å². The van der Waals surface area contributed by atoms with E-state index in [9.17, 15) is 9.59 Å². The predicted octanol–water partition coefficient (Wildman–Crippen LogP) is 1.43. The normalized spacial score (nSPS) is 22.7. The van der Waals surface area contributed by atoms with Crippen LogP contribution in [0.3, 0.4) is 0 Å². The molecule has 3 heterocycles. The number of nitrogens with one attached hydrogen (secondary N) is 1. The Kier molecular flexibility index (Phi) is 2.83. The van der Waals surface area contributed by atoms with Gasteiger partial charge < -0.3 is 4.90 Å². The fourth-order valence-electron chi connectivity index (χ4n) is 3.69. The summed E-state index contributed by atoms with van der Waals surface area (Å²) in [6, 6.07) is 3.86. The van der Waals surface area contributed by atoms with Crippen LogP contribution in [0.4, 0.5) is 0 Å². The number of pyridine rings is 1. The van der Waals surface area contributed by atoms with Gasteiger partial charge in [-0.15, -0.1) is 0 Å². The highest BCUT2D eigenvalue weighted by Gasteiger charge is 2.39. The van der Waals surface area contributed by atoms with E-state index >= 15 is 0 Å². The lowest BCUT2D eigenvalue weighted by Gasteiger charge is -2.44. The molecule has 1 unspecified atom stereocenters. The van der Waals surface area contributed by atoms with Gasteiger partial charge in [-0.1, -0.05) is 12.8 Å². The first-order valence-electron chi connectivity index (χ1n) is 7.62. The van der Waals surface area contributed by atoms with Crippen LogP contribution >= 0.6 is 0 Å². The van der Waals surface area contributed by atoms with Crippen molar-refractivity contribution in [3.05, 3.63) is 34.4 Å². The lowest BCUT2D eigenvalue weighted by molar-refractivity contribution is 0.0307. The van der Waals surface area contributed by atoms with Crippen LogP contribution in [0.15, 0.2) is 23.1 Å². The molecule has 0 bridgehead atoms. The van der Waals surface area contributed by atoms with Crippen LogP contribution < -0.4 is 5.69 Å². The average molecular weight is 286 g/mol. The number of likely N-dealkylation sites (tertiary alicyclic amines) is 1. The van der Waals surface area contributed by atoms with Crippen molar-refractivity contribution in [2.24, 2.45) is 5.92 Å². The maximum absolute atomic E-state index is 12.7. The summed E-state index contributed by atoms with van der Waals surface area (Å²) in [6.45, 7) is 0.832. The average Bonchev–Trinajstić information content (AvgIpc) is 3.08. The molecule has 1 amide bonds. The molecule has 2 aliphatic rings. The fourth-order valence-corrected chi connectivity index (χ4v) is 3.69. The number of fused-ring (bicyclic) bond motifs is 1. The fraction of sp³-hybridized carbons (Fsp3) is 0.533. The number of aromatic nitrogens is 3. The van der Waals surface area contributed by atoms with Crippen LogP contribution in [0.25, 0.3) is 5.65 Å². The monoisotopic (exact) mass is 286 g/mol. The number of amides is 1. The Morgan fingerprint density at radius 1 is 1.24 bits per heavy atom. The van der Waals surface area contributed by atoms with Crippen molar-refractivity contribution in [3.63, 3.8) is 0 Å². The first-order valence-corrected chi connectivity index (χ1v) is 7.62. The Balaban J connectivity index is 1.60. The van der Waals surface area contributed by atoms with E-state index in [4.69, 9.17) is 0 Å². The number of nitrogens with zero attached hydrogens (tertiary/aromatic N) is 3. The summed E-state index contributed by atoms with van der Waals surface area (Å²) in [5, 5.41) is 6.26. The molecule has 0 radical (unpaired) electrons. The zero-order chi connectivity index (χ0) is 14.4. The number of aromatic amines is 1. The number of hydrogen-bond acceptors (Lipinski definition) is 3. The third kappa shape index (κ3) is 1.97. The molecule has 0 spiro atoms. The molecule has 1 aliphatic heterocycles. The van der Waals surface area contributed by atoms with E-state index in [2.05, 4.69) is 10.2 Å². The summed E-state index contributed by atoms with van der Waals surface area (Å²) in [4.78, 5) is 26.2. The molecular formula is C15H18N4O2. The van der Waals surface area contributed by atoms with Crippen molar-refractivity contribution in [1.29, 1.82) is 0 Å². The van der Waals surface area contributed by atoms with Crippen molar-refractivity contribution in [3.8, 4) is 0 Å². The van der Waals surface area contributed by atoms with E-state index in [1.807, 2.05) is 4.90 Å². The third-order valence-electron chi connectivity index (χ3n) is 4.93. The van der Waals surface area contributed by atoms with Gasteiger partial charge in [0.05, 0.1) is 5.56 Å². The van der Waals surface area contributed by atoms with Crippen LogP contribution in [0, 0.1) is 5.92 Å². The van der Waals surface area contributed by atoms with E-state index in [1.54, 1.807) is 18.3 Å². The van der Waals surface area contributed by atoms with Crippen molar-refractivity contribution in [2.75, 3.05) is 6.54 Å². The minimum atomic E-state index is -0.310. The first-order chi connectivity index (χ1) is 10.2. The third-order valence-corrected chi connectivity index (χ3v) is 4.93. The molecule has 4 rings (SSSR count). The molecule has 1 atom stereocenters. The molecule has 1 N–H and O–H groups in total. The topological polar surface area (TPSA) is 70.5 Å². The van der Waals surface area contributed by atoms with E-state index in [1.165, 1.54) is 30.1 Å². The van der Waals surface area contributed by atoms with Gasteiger partial charge in [0.2, 0.25) is 0 Å². The summed E-state index contributed by atoms with van der Waals surface area (Å²) in [5.41, 5.74) is 0.789. The standard InChI is InChI=1S/C15H18N4O2/c20-14(18-8-7-12(18)10-3-1-2-4-10)11-5-6-13-16-17-15(21)19(13)9-11/h5-6,9-10,12H,1-4,7-8H2,(H,17,21). The van der Waals surface area contributed by atoms with E-state index < -0.39 is 0 Å². The van der Waals surface area contributed by atoms with E-state index in [-0.39, 0.29) is 11.6 Å². The zero-order valence-corrected chi connectivity index (χ0v) is 11.8. The Hall–Kier alpha value is -2.11. The number of carbonyl (C=O) groups excluding carboxylic acids is 1. The Morgan fingerprint density at radius 2 is 2.05 bits per heavy atom. The highest BCUT2D eigenvalue weighted by Crippen LogP contribution is 2.36. The highest BCUT2D eigenvalue weighted by atomic mass is 16.2. The molecular weight excluding hydrogens is 268 g/mol. The van der Waals surface area contributed by atoms with Crippen molar-refractivity contribution in [2.45, 2.75) is 38.1 Å². The minimum absolute atomic E-state index is 0.0353. The summed E-state index contributed by atoms with van der Waals surface area (Å²) < 4.78 is 1.39. The summed E-state index contributed by atoms with van der Waals surface area (Å²) in [6.07, 6.45) is 7.78. The lowest BCUT2D eigenvalue weighted by Crippen LogP contribution is -2.54. The van der Waals surface area contributed by atoms with Gasteiger partial charge in [0.15, 0.2) is 5.65 Å². The molecule has 2 aromatic rings. The van der Waals surface area contributed by atoms with Gasteiger partial charge in [-0.05, 0) is 37.3 Å². The second-order valence-electron chi connectivity index (χ2n) is 6.07. The molecule has 1 saturated heterocycles. The number of hydrogen-bond donors (Lipinski definition) is 1. The Morgan fingerprint density at radius 3 is 2.76 bits per heavy atom. The molecule has 6 nitrogen and oxygen atoms in total. The van der Waals surface area contributed by atoms with E-state index in [0.717, 1.165) is 13.0 Å². The van der Waals surface area contributed by atoms with E-state index in [0.29, 0.717) is 23.2 Å². The van der Waals surface area contributed by atoms with Crippen LogP contribution in [-0.4, -0.2) is 38.0 Å². The van der Waals surface area contributed by atoms with Crippen LogP contribution in [-0.2, 0) is 0 Å². The lowest BCUT2D eigenvalue weighted by atomic mass is 9.87. The van der Waals surface area contributed by atoms with Gasteiger partial charge in [0.25, 0.3) is 5.91 Å². The van der Waals surface area contributed by atoms with Crippen LogP contribution in [0.5, 0.6) is 0 Å². The SMILES string of the molecule is O=C(c1ccc2n[nH]c(=O)n2c1)N1CCC1C1CCCC1. The molecule has 2 fully saturated rings. The molecule has 0 aromatic carbocycles. The van der Waals surface area contributed by atoms with Crippen LogP contribution in [0.2, 0.25) is 0 Å². The van der Waals surface area contributed by atoms with Crippen molar-refractivity contribution < 1.29 is 4.79 Å². The Bertz CT molecular complexity index is 741. The first kappa shape index (κ1) is 12.6. The highest BCUT2D eigenvalue weighted by molar-refractivity contribution is 5.95. The smallest absolute Gasteiger partial charge is 0.335 e. The van der Waals surface area contributed by atoms with Gasteiger partial charge in [0, 0.05) is 18.8 Å². The molecule has 2 aromatic heterocycles. The second-order valence-corrected chi connectivity index (χ2v) is 6.07. The number of carbonyl (C=O) groups is 1. The van der Waals surface area contributed by atoms with Crippen LogP contribution in [0.1, 0.15) is 42.5 Å². The zero-order valence-electron chi connectivity index (χ0n) is 11.8. The van der Waals surface area contributed by atoms with Gasteiger partial charge in [0.1, 0.15) is 0 Å². The summed E-state index contributed by atoms with van der Waals surface area (Å²) in [7, 11) is 0. The molecule has 1 aliphatic carbocycles. The molecule has 1 saturated carbocycles. The quantitative estimate of drug-likeness (QED) is 0.907. The molecule has 21 heavy (non-hydrogen) atoms. The van der Waals surface area contributed by atoms with Crippen molar-refractivity contribution >= 4 is 11.6 Å². The van der Waals surface area contributed by atoms with Gasteiger partial charge in [-0.2, -0.15) is 5.10 Å². The largest absolute Gasteiger partial charge is 0.347 e. The number of H-pyrrole nitrogens is 1. The maximum Gasteiger partial charge on any atom is 0.347 e. The minimum Gasteiger partial charge on any atom is -0.335 e. The predicted molar refractivity (Wildman–Crippen MR) is 77.2 cm³/mol.